The molecule has 1 aromatic carbocycles. The third-order valence-corrected chi connectivity index (χ3v) is 4.56. The van der Waals surface area contributed by atoms with E-state index < -0.39 is 5.60 Å². The van der Waals surface area contributed by atoms with Gasteiger partial charge in [0.2, 0.25) is 0 Å². The largest absolute Gasteiger partial charge is 0.456 e. The van der Waals surface area contributed by atoms with Crippen LogP contribution >= 0.6 is 11.6 Å². The van der Waals surface area contributed by atoms with Gasteiger partial charge in [0, 0.05) is 11.4 Å². The van der Waals surface area contributed by atoms with Gasteiger partial charge in [-0.05, 0) is 44.4 Å². The SMILES string of the molecule is CCNC1CCC(O)(c2cc3cccc(Cl)c3o2)CC1. The fourth-order valence-corrected chi connectivity index (χ4v) is 3.31. The molecule has 0 amide bonds. The van der Waals surface area contributed by atoms with Crippen LogP contribution in [0.25, 0.3) is 11.0 Å². The van der Waals surface area contributed by atoms with Crippen LogP contribution in [-0.2, 0) is 5.60 Å². The molecule has 0 bridgehead atoms. The molecule has 1 aliphatic rings. The number of halogens is 1. The monoisotopic (exact) mass is 293 g/mol. The lowest BCUT2D eigenvalue weighted by molar-refractivity contribution is -0.0253. The zero-order chi connectivity index (χ0) is 14.2. The number of para-hydroxylation sites is 1. The smallest absolute Gasteiger partial charge is 0.153 e. The first kappa shape index (κ1) is 13.9. The molecular weight excluding hydrogens is 274 g/mol. The quantitative estimate of drug-likeness (QED) is 0.904. The molecule has 1 aromatic heterocycles. The van der Waals surface area contributed by atoms with Gasteiger partial charge in [-0.25, -0.2) is 0 Å². The Morgan fingerprint density at radius 1 is 1.40 bits per heavy atom. The summed E-state index contributed by atoms with van der Waals surface area (Å²) in [7, 11) is 0. The molecule has 4 heteroatoms. The van der Waals surface area contributed by atoms with Crippen molar-refractivity contribution < 1.29 is 9.52 Å². The van der Waals surface area contributed by atoms with Crippen LogP contribution in [0, 0.1) is 0 Å². The van der Waals surface area contributed by atoms with Gasteiger partial charge >= 0.3 is 0 Å². The van der Waals surface area contributed by atoms with Crippen molar-refractivity contribution in [3.8, 4) is 0 Å². The predicted molar refractivity (Wildman–Crippen MR) is 81.1 cm³/mol. The third kappa shape index (κ3) is 2.46. The molecule has 3 rings (SSSR count). The molecule has 108 valence electrons. The zero-order valence-electron chi connectivity index (χ0n) is 11.7. The van der Waals surface area contributed by atoms with Gasteiger partial charge in [-0.3, -0.25) is 0 Å². The van der Waals surface area contributed by atoms with Crippen molar-refractivity contribution in [1.29, 1.82) is 0 Å². The van der Waals surface area contributed by atoms with Crippen LogP contribution < -0.4 is 5.32 Å². The topological polar surface area (TPSA) is 45.4 Å². The van der Waals surface area contributed by atoms with Crippen LogP contribution in [0.5, 0.6) is 0 Å². The van der Waals surface area contributed by atoms with Gasteiger partial charge in [0.05, 0.1) is 5.02 Å². The van der Waals surface area contributed by atoms with Crippen molar-refractivity contribution in [2.45, 2.75) is 44.2 Å². The average molecular weight is 294 g/mol. The first-order chi connectivity index (χ1) is 9.62. The Hall–Kier alpha value is -1.03. The van der Waals surface area contributed by atoms with Crippen molar-refractivity contribution >= 4 is 22.6 Å². The molecule has 1 aliphatic carbocycles. The Balaban J connectivity index is 1.85. The van der Waals surface area contributed by atoms with Gasteiger partial charge in [0.1, 0.15) is 11.4 Å². The normalized spacial score (nSPS) is 27.1. The van der Waals surface area contributed by atoms with Gasteiger partial charge in [-0.15, -0.1) is 0 Å². The molecule has 0 spiro atoms. The zero-order valence-corrected chi connectivity index (χ0v) is 12.4. The van der Waals surface area contributed by atoms with Crippen molar-refractivity contribution in [1.82, 2.24) is 5.32 Å². The Kier molecular flexibility index (Phi) is 3.76. The molecule has 0 unspecified atom stereocenters. The van der Waals surface area contributed by atoms with Crippen molar-refractivity contribution in [3.63, 3.8) is 0 Å². The maximum Gasteiger partial charge on any atom is 0.153 e. The van der Waals surface area contributed by atoms with Crippen LogP contribution in [0.1, 0.15) is 38.4 Å². The molecule has 0 aliphatic heterocycles. The minimum Gasteiger partial charge on any atom is -0.456 e. The highest BCUT2D eigenvalue weighted by atomic mass is 35.5. The number of hydrogen-bond acceptors (Lipinski definition) is 3. The van der Waals surface area contributed by atoms with E-state index in [1.807, 2.05) is 24.3 Å². The number of furan rings is 1. The summed E-state index contributed by atoms with van der Waals surface area (Å²) in [6, 6.07) is 8.10. The Morgan fingerprint density at radius 3 is 2.80 bits per heavy atom. The fourth-order valence-electron chi connectivity index (χ4n) is 3.09. The third-order valence-electron chi connectivity index (χ3n) is 4.26. The summed E-state index contributed by atoms with van der Waals surface area (Å²) >= 11 is 6.13. The van der Waals surface area contributed by atoms with E-state index in [9.17, 15) is 5.11 Å². The van der Waals surface area contributed by atoms with E-state index in [1.165, 1.54) is 0 Å². The minimum atomic E-state index is -0.853. The van der Waals surface area contributed by atoms with Gasteiger partial charge in [-0.1, -0.05) is 30.7 Å². The number of fused-ring (bicyclic) bond motifs is 1. The predicted octanol–water partition coefficient (Wildman–Crippen LogP) is 3.83. The Bertz CT molecular complexity index is 600. The summed E-state index contributed by atoms with van der Waals surface area (Å²) < 4.78 is 5.83. The fraction of sp³-hybridized carbons (Fsp3) is 0.500. The second-order valence-electron chi connectivity index (χ2n) is 5.63. The standard InChI is InChI=1S/C16H20ClNO2/c1-2-18-12-6-8-16(19,9-7-12)14-10-11-4-3-5-13(17)15(11)20-14/h3-5,10,12,18-19H,2,6-9H2,1H3. The molecular formula is C16H20ClNO2. The van der Waals surface area contributed by atoms with E-state index in [0.717, 1.165) is 37.6 Å². The molecule has 1 heterocycles. The van der Waals surface area contributed by atoms with E-state index in [2.05, 4.69) is 12.2 Å². The van der Waals surface area contributed by atoms with Crippen LogP contribution in [0.15, 0.2) is 28.7 Å². The van der Waals surface area contributed by atoms with Crippen LogP contribution in [0.3, 0.4) is 0 Å². The molecule has 2 aromatic rings. The average Bonchev–Trinajstić information content (AvgIpc) is 2.88. The number of benzene rings is 1. The second kappa shape index (κ2) is 5.40. The number of aliphatic hydroxyl groups is 1. The first-order valence-corrected chi connectivity index (χ1v) is 7.64. The van der Waals surface area contributed by atoms with E-state index in [-0.39, 0.29) is 0 Å². The van der Waals surface area contributed by atoms with Crippen molar-refractivity contribution in [3.05, 3.63) is 35.0 Å². The van der Waals surface area contributed by atoms with Crippen LogP contribution in [0.4, 0.5) is 0 Å². The van der Waals surface area contributed by atoms with Gasteiger partial charge < -0.3 is 14.8 Å². The Labute approximate surface area is 123 Å². The second-order valence-corrected chi connectivity index (χ2v) is 6.04. The highest BCUT2D eigenvalue weighted by Gasteiger charge is 2.37. The first-order valence-electron chi connectivity index (χ1n) is 7.27. The lowest BCUT2D eigenvalue weighted by atomic mass is 9.80. The van der Waals surface area contributed by atoms with E-state index in [4.69, 9.17) is 16.0 Å². The minimum absolute atomic E-state index is 0.508. The van der Waals surface area contributed by atoms with Gasteiger partial charge in [0.15, 0.2) is 5.58 Å². The summed E-state index contributed by atoms with van der Waals surface area (Å²) in [6.07, 6.45) is 3.38. The van der Waals surface area contributed by atoms with Crippen molar-refractivity contribution in [2.24, 2.45) is 0 Å². The molecule has 3 nitrogen and oxygen atoms in total. The van der Waals surface area contributed by atoms with Gasteiger partial charge in [0.25, 0.3) is 0 Å². The summed E-state index contributed by atoms with van der Waals surface area (Å²) in [5, 5.41) is 15.9. The molecule has 1 saturated carbocycles. The van der Waals surface area contributed by atoms with Crippen LogP contribution in [0.2, 0.25) is 5.02 Å². The number of rotatable bonds is 3. The molecule has 20 heavy (non-hydrogen) atoms. The van der Waals surface area contributed by atoms with E-state index in [0.29, 0.717) is 22.4 Å². The molecule has 0 atom stereocenters. The molecule has 2 N–H and O–H groups in total. The molecule has 0 saturated heterocycles. The van der Waals surface area contributed by atoms with E-state index in [1.54, 1.807) is 0 Å². The van der Waals surface area contributed by atoms with E-state index >= 15 is 0 Å². The summed E-state index contributed by atoms with van der Waals surface area (Å²) in [5.74, 6) is 0.649. The van der Waals surface area contributed by atoms with Crippen LogP contribution in [-0.4, -0.2) is 17.7 Å². The number of hydrogen-bond donors (Lipinski definition) is 2. The maximum absolute atomic E-state index is 10.9. The molecule has 0 radical (unpaired) electrons. The van der Waals surface area contributed by atoms with Crippen molar-refractivity contribution in [2.75, 3.05) is 6.54 Å². The van der Waals surface area contributed by atoms with Gasteiger partial charge in [-0.2, -0.15) is 0 Å². The molecule has 1 fully saturated rings. The lowest BCUT2D eigenvalue weighted by Gasteiger charge is -2.34. The summed E-state index contributed by atoms with van der Waals surface area (Å²) in [4.78, 5) is 0. The lowest BCUT2D eigenvalue weighted by Crippen LogP contribution is -2.39. The highest BCUT2D eigenvalue weighted by molar-refractivity contribution is 6.34. The highest BCUT2D eigenvalue weighted by Crippen LogP contribution is 2.40. The Morgan fingerprint density at radius 2 is 2.15 bits per heavy atom. The maximum atomic E-state index is 10.9. The summed E-state index contributed by atoms with van der Waals surface area (Å²) in [5.41, 5.74) is -0.180. The summed E-state index contributed by atoms with van der Waals surface area (Å²) in [6.45, 7) is 3.09. The number of nitrogens with one attached hydrogen (secondary N) is 1.